The van der Waals surface area contributed by atoms with Crippen molar-refractivity contribution < 1.29 is 31.5 Å². The van der Waals surface area contributed by atoms with E-state index in [1.165, 1.54) is 6.92 Å². The van der Waals surface area contributed by atoms with E-state index < -0.39 is 32.6 Å². The summed E-state index contributed by atoms with van der Waals surface area (Å²) in [6.45, 7) is 1.07. The van der Waals surface area contributed by atoms with Crippen LogP contribution in [0.1, 0.15) is 24.0 Å². The first-order valence-electron chi connectivity index (χ1n) is 5.93. The summed E-state index contributed by atoms with van der Waals surface area (Å²) < 4.78 is 63.9. The lowest BCUT2D eigenvalue weighted by atomic mass is 10.1. The van der Waals surface area contributed by atoms with Crippen LogP contribution in [0.15, 0.2) is 23.1 Å². The predicted octanol–water partition coefficient (Wildman–Crippen LogP) is 2.16. The topological polar surface area (TPSA) is 83.5 Å². The van der Waals surface area contributed by atoms with Crippen molar-refractivity contribution in [2.24, 2.45) is 0 Å². The van der Waals surface area contributed by atoms with Gasteiger partial charge in [0, 0.05) is 13.0 Å². The van der Waals surface area contributed by atoms with Gasteiger partial charge in [0.15, 0.2) is 0 Å². The van der Waals surface area contributed by atoms with Crippen LogP contribution >= 0.6 is 0 Å². The maximum atomic E-state index is 12.7. The van der Waals surface area contributed by atoms with E-state index in [4.69, 9.17) is 5.11 Å². The molecular weight excluding hydrogens is 311 g/mol. The molecule has 2 N–H and O–H groups in total. The van der Waals surface area contributed by atoms with Crippen LogP contribution in [0.25, 0.3) is 0 Å². The fourth-order valence-corrected chi connectivity index (χ4v) is 2.70. The van der Waals surface area contributed by atoms with E-state index >= 15 is 0 Å². The third-order valence-electron chi connectivity index (χ3n) is 2.68. The van der Waals surface area contributed by atoms with Gasteiger partial charge in [0.05, 0.1) is 10.5 Å². The molecule has 0 saturated carbocycles. The predicted molar refractivity (Wildman–Crippen MR) is 68.2 cm³/mol. The van der Waals surface area contributed by atoms with Crippen LogP contribution in [0.4, 0.5) is 13.2 Å². The Balaban J connectivity index is 2.91. The minimum Gasteiger partial charge on any atom is -0.481 e. The maximum Gasteiger partial charge on any atom is 0.416 e. The Bertz CT molecular complexity index is 626. The number of alkyl halides is 3. The summed E-state index contributed by atoms with van der Waals surface area (Å²) in [5.74, 6) is -1.08. The molecule has 0 heterocycles. The van der Waals surface area contributed by atoms with Gasteiger partial charge in [-0.3, -0.25) is 4.79 Å². The largest absolute Gasteiger partial charge is 0.481 e. The van der Waals surface area contributed by atoms with Gasteiger partial charge < -0.3 is 5.11 Å². The second-order valence-corrected chi connectivity index (χ2v) is 6.14. The van der Waals surface area contributed by atoms with Gasteiger partial charge >= 0.3 is 12.1 Å². The highest BCUT2D eigenvalue weighted by atomic mass is 32.2. The number of hydrogen-bond acceptors (Lipinski definition) is 3. The molecule has 0 atom stereocenters. The van der Waals surface area contributed by atoms with E-state index in [2.05, 4.69) is 4.72 Å². The van der Waals surface area contributed by atoms with Gasteiger partial charge in [-0.15, -0.1) is 0 Å². The lowest BCUT2D eigenvalue weighted by molar-refractivity contribution is -0.138. The molecule has 0 saturated heterocycles. The van der Waals surface area contributed by atoms with Crippen molar-refractivity contribution in [2.75, 3.05) is 6.54 Å². The zero-order chi connectivity index (χ0) is 16.3. The molecule has 1 aromatic rings. The van der Waals surface area contributed by atoms with Crippen LogP contribution in [0.3, 0.4) is 0 Å². The average Bonchev–Trinajstić information content (AvgIpc) is 2.33. The first kappa shape index (κ1) is 17.4. The monoisotopic (exact) mass is 325 g/mol. The highest BCUT2D eigenvalue weighted by Crippen LogP contribution is 2.33. The number of rotatable bonds is 6. The maximum absolute atomic E-state index is 12.7. The molecule has 9 heteroatoms. The molecule has 0 unspecified atom stereocenters. The standard InChI is InChI=1S/C12H14F3NO4S/c1-8-4-5-9(7-10(8)12(13,14)15)21(19,20)16-6-2-3-11(17)18/h4-5,7,16H,2-3,6H2,1H3,(H,17,18). The number of benzene rings is 1. The minimum atomic E-state index is -4.64. The van der Waals surface area contributed by atoms with Crippen LogP contribution in [0.2, 0.25) is 0 Å². The Morgan fingerprint density at radius 2 is 1.95 bits per heavy atom. The van der Waals surface area contributed by atoms with E-state index in [1.807, 2.05) is 0 Å². The van der Waals surface area contributed by atoms with Crippen molar-refractivity contribution >= 4 is 16.0 Å². The second-order valence-electron chi connectivity index (χ2n) is 4.37. The van der Waals surface area contributed by atoms with E-state index in [0.29, 0.717) is 6.07 Å². The van der Waals surface area contributed by atoms with E-state index in [0.717, 1.165) is 12.1 Å². The van der Waals surface area contributed by atoms with Gasteiger partial charge in [-0.05, 0) is 31.0 Å². The summed E-state index contributed by atoms with van der Waals surface area (Å²) in [6, 6.07) is 2.72. The van der Waals surface area contributed by atoms with E-state index in [-0.39, 0.29) is 24.9 Å². The Morgan fingerprint density at radius 3 is 2.48 bits per heavy atom. The first-order chi connectivity index (χ1) is 9.54. The zero-order valence-electron chi connectivity index (χ0n) is 11.1. The highest BCUT2D eigenvalue weighted by Gasteiger charge is 2.33. The van der Waals surface area contributed by atoms with Crippen molar-refractivity contribution in [3.8, 4) is 0 Å². The summed E-state index contributed by atoms with van der Waals surface area (Å²) in [4.78, 5) is 9.78. The van der Waals surface area contributed by atoms with Gasteiger partial charge in [-0.2, -0.15) is 13.2 Å². The number of nitrogens with one attached hydrogen (secondary N) is 1. The molecular formula is C12H14F3NO4S. The Labute approximate surface area is 119 Å². The number of carbonyl (C=O) groups is 1. The summed E-state index contributed by atoms with van der Waals surface area (Å²) in [5.41, 5.74) is -1.09. The highest BCUT2D eigenvalue weighted by molar-refractivity contribution is 7.89. The molecule has 1 aromatic carbocycles. The van der Waals surface area contributed by atoms with Crippen LogP contribution < -0.4 is 4.72 Å². The van der Waals surface area contributed by atoms with Crippen LogP contribution in [-0.2, 0) is 21.0 Å². The average molecular weight is 325 g/mol. The van der Waals surface area contributed by atoms with Crippen molar-refractivity contribution in [1.29, 1.82) is 0 Å². The Hall–Kier alpha value is -1.61. The summed E-state index contributed by atoms with van der Waals surface area (Å²) in [6.07, 6.45) is -4.82. The lowest BCUT2D eigenvalue weighted by Crippen LogP contribution is -2.25. The number of sulfonamides is 1. The molecule has 21 heavy (non-hydrogen) atoms. The van der Waals surface area contributed by atoms with E-state index in [9.17, 15) is 26.4 Å². The number of aliphatic carboxylic acids is 1. The fraction of sp³-hybridized carbons (Fsp3) is 0.417. The van der Waals surface area contributed by atoms with Crippen molar-refractivity contribution in [3.05, 3.63) is 29.3 Å². The van der Waals surface area contributed by atoms with Gasteiger partial charge in [-0.25, -0.2) is 13.1 Å². The SMILES string of the molecule is Cc1ccc(S(=O)(=O)NCCCC(=O)O)cc1C(F)(F)F. The van der Waals surface area contributed by atoms with Gasteiger partial charge in [0.1, 0.15) is 0 Å². The Morgan fingerprint density at radius 1 is 1.33 bits per heavy atom. The van der Waals surface area contributed by atoms with Crippen molar-refractivity contribution in [3.63, 3.8) is 0 Å². The smallest absolute Gasteiger partial charge is 0.416 e. The number of hydrogen-bond donors (Lipinski definition) is 2. The summed E-state index contributed by atoms with van der Waals surface area (Å²) >= 11 is 0. The molecule has 0 aromatic heterocycles. The molecule has 0 bridgehead atoms. The molecule has 0 aliphatic rings. The van der Waals surface area contributed by atoms with Crippen LogP contribution in [0, 0.1) is 6.92 Å². The molecule has 5 nitrogen and oxygen atoms in total. The molecule has 1 rings (SSSR count). The molecule has 0 spiro atoms. The molecule has 118 valence electrons. The lowest BCUT2D eigenvalue weighted by Gasteiger charge is -2.12. The zero-order valence-corrected chi connectivity index (χ0v) is 11.9. The van der Waals surface area contributed by atoms with Gasteiger partial charge in [-0.1, -0.05) is 6.07 Å². The summed E-state index contributed by atoms with van der Waals surface area (Å²) in [5, 5.41) is 8.41. The molecule has 0 aliphatic carbocycles. The number of halogens is 3. The normalized spacial score (nSPS) is 12.4. The van der Waals surface area contributed by atoms with Crippen molar-refractivity contribution in [1.82, 2.24) is 4.72 Å². The fourth-order valence-electron chi connectivity index (χ4n) is 1.60. The third-order valence-corrected chi connectivity index (χ3v) is 4.14. The number of aryl methyl sites for hydroxylation is 1. The van der Waals surface area contributed by atoms with Crippen LogP contribution in [-0.4, -0.2) is 26.0 Å². The first-order valence-corrected chi connectivity index (χ1v) is 7.41. The Kier molecular flexibility index (Phi) is 5.35. The van der Waals surface area contributed by atoms with E-state index in [1.54, 1.807) is 0 Å². The second kappa shape index (κ2) is 6.44. The molecule has 0 radical (unpaired) electrons. The third kappa shape index (κ3) is 5.01. The minimum absolute atomic E-state index is 0.0482. The van der Waals surface area contributed by atoms with Gasteiger partial charge in [0.2, 0.25) is 10.0 Å². The number of carboxylic acids is 1. The number of carboxylic acid groups (broad SMARTS) is 1. The van der Waals surface area contributed by atoms with Crippen LogP contribution in [0.5, 0.6) is 0 Å². The molecule has 0 amide bonds. The summed E-state index contributed by atoms with van der Waals surface area (Å²) in [7, 11) is -4.10. The molecule has 0 fully saturated rings. The van der Waals surface area contributed by atoms with Crippen molar-refractivity contribution in [2.45, 2.75) is 30.8 Å². The molecule has 0 aliphatic heterocycles. The van der Waals surface area contributed by atoms with Gasteiger partial charge in [0.25, 0.3) is 0 Å². The quantitative estimate of drug-likeness (QED) is 0.785.